The molecule has 9 heteroatoms. The van der Waals surface area contributed by atoms with Gasteiger partial charge in [0.15, 0.2) is 0 Å². The number of H-pyrrole nitrogens is 1. The molecule has 0 atom stereocenters. The highest BCUT2D eigenvalue weighted by atomic mass is 32.2. The van der Waals surface area contributed by atoms with Crippen molar-refractivity contribution >= 4 is 43.8 Å². The zero-order valence-corrected chi connectivity index (χ0v) is 19.4. The Balaban J connectivity index is 1.53. The standard InChI is InChI=1S/C26H20N4O4S/c1-30-16-21(24(31)19-12-6-8-14-23(19)30)25(32)29-27-15-20-18-11-5-7-13-22(18)28-26(20)35(33,34)17-9-3-2-4-10-17/h2-16,28H,1H3,(H,29,32). The van der Waals surface area contributed by atoms with Gasteiger partial charge in [-0.25, -0.2) is 13.8 Å². The number of amides is 1. The Morgan fingerprint density at radius 3 is 2.37 bits per heavy atom. The summed E-state index contributed by atoms with van der Waals surface area (Å²) in [7, 11) is -2.14. The van der Waals surface area contributed by atoms with Gasteiger partial charge in [0, 0.05) is 35.1 Å². The van der Waals surface area contributed by atoms with Crippen LogP contribution in [0.2, 0.25) is 0 Å². The Hall–Kier alpha value is -4.50. The van der Waals surface area contributed by atoms with Crippen LogP contribution in [0.5, 0.6) is 0 Å². The summed E-state index contributed by atoms with van der Waals surface area (Å²) in [6.45, 7) is 0. The summed E-state index contributed by atoms with van der Waals surface area (Å²) in [6.07, 6.45) is 2.73. The molecule has 0 fully saturated rings. The number of aryl methyl sites for hydroxylation is 1. The fourth-order valence-corrected chi connectivity index (χ4v) is 5.46. The van der Waals surface area contributed by atoms with Gasteiger partial charge in [-0.3, -0.25) is 9.59 Å². The van der Waals surface area contributed by atoms with Crippen LogP contribution in [0.3, 0.4) is 0 Å². The van der Waals surface area contributed by atoms with Crippen molar-refractivity contribution in [3.05, 3.63) is 106 Å². The third-order valence-electron chi connectivity index (χ3n) is 5.73. The van der Waals surface area contributed by atoms with Crippen molar-refractivity contribution in [3.63, 3.8) is 0 Å². The summed E-state index contributed by atoms with van der Waals surface area (Å²) in [6, 6.07) is 22.1. The number of rotatable bonds is 5. The molecule has 3 aromatic carbocycles. The molecule has 5 aromatic rings. The molecular formula is C26H20N4O4S. The number of pyridine rings is 1. The van der Waals surface area contributed by atoms with Crippen molar-refractivity contribution in [1.29, 1.82) is 0 Å². The normalized spacial score (nSPS) is 11.9. The molecule has 0 saturated heterocycles. The smallest absolute Gasteiger partial charge is 0.276 e. The maximum Gasteiger partial charge on any atom is 0.276 e. The molecule has 0 radical (unpaired) electrons. The number of nitrogens with zero attached hydrogens (tertiary/aromatic N) is 2. The number of sulfone groups is 1. The quantitative estimate of drug-likeness (QED) is 0.293. The summed E-state index contributed by atoms with van der Waals surface area (Å²) in [5, 5.41) is 5.01. The number of para-hydroxylation sites is 2. The fourth-order valence-electron chi connectivity index (χ4n) is 4.01. The van der Waals surface area contributed by atoms with E-state index in [-0.39, 0.29) is 15.5 Å². The second-order valence-electron chi connectivity index (χ2n) is 7.93. The molecule has 0 spiro atoms. The SMILES string of the molecule is Cn1cc(C(=O)NN=Cc2c(S(=O)(=O)c3ccccc3)[nH]c3ccccc23)c(=O)c2ccccc21. The van der Waals surface area contributed by atoms with E-state index in [1.54, 1.807) is 72.3 Å². The summed E-state index contributed by atoms with van der Waals surface area (Å²) in [4.78, 5) is 28.7. The minimum atomic E-state index is -3.88. The molecule has 2 heterocycles. The van der Waals surface area contributed by atoms with Gasteiger partial charge in [-0.15, -0.1) is 0 Å². The van der Waals surface area contributed by atoms with Crippen LogP contribution in [0.15, 0.2) is 105 Å². The molecule has 8 nitrogen and oxygen atoms in total. The number of hydrazone groups is 1. The van der Waals surface area contributed by atoms with Gasteiger partial charge in [0.2, 0.25) is 15.3 Å². The molecule has 2 aromatic heterocycles. The third kappa shape index (κ3) is 3.91. The van der Waals surface area contributed by atoms with Gasteiger partial charge in [0.05, 0.1) is 16.6 Å². The Labute approximate surface area is 200 Å². The molecule has 0 aliphatic heterocycles. The lowest BCUT2D eigenvalue weighted by molar-refractivity contribution is 0.0953. The minimum absolute atomic E-state index is 0.0375. The number of benzene rings is 3. The van der Waals surface area contributed by atoms with Crippen LogP contribution in [-0.2, 0) is 16.9 Å². The number of hydrogen-bond donors (Lipinski definition) is 2. The number of aromatic amines is 1. The molecule has 5 rings (SSSR count). The first-order valence-corrected chi connectivity index (χ1v) is 12.2. The van der Waals surface area contributed by atoms with Gasteiger partial charge in [0.25, 0.3) is 5.91 Å². The van der Waals surface area contributed by atoms with E-state index in [0.29, 0.717) is 27.4 Å². The van der Waals surface area contributed by atoms with E-state index < -0.39 is 21.2 Å². The fraction of sp³-hybridized carbons (Fsp3) is 0.0385. The first-order chi connectivity index (χ1) is 16.9. The van der Waals surface area contributed by atoms with Crippen LogP contribution in [0.1, 0.15) is 15.9 Å². The number of carbonyl (C=O) groups excluding carboxylic acids is 1. The average Bonchev–Trinajstić information content (AvgIpc) is 3.26. The number of fused-ring (bicyclic) bond motifs is 2. The Morgan fingerprint density at radius 2 is 1.60 bits per heavy atom. The van der Waals surface area contributed by atoms with Crippen LogP contribution in [0.4, 0.5) is 0 Å². The van der Waals surface area contributed by atoms with E-state index in [1.807, 2.05) is 6.07 Å². The molecule has 1 amide bonds. The molecule has 0 unspecified atom stereocenters. The van der Waals surface area contributed by atoms with Gasteiger partial charge in [-0.1, -0.05) is 48.5 Å². The Bertz CT molecular complexity index is 1790. The predicted octanol–water partition coefficient (Wildman–Crippen LogP) is 3.62. The molecule has 0 bridgehead atoms. The van der Waals surface area contributed by atoms with Gasteiger partial charge in [-0.2, -0.15) is 5.10 Å². The van der Waals surface area contributed by atoms with Gasteiger partial charge < -0.3 is 9.55 Å². The van der Waals surface area contributed by atoms with Gasteiger partial charge >= 0.3 is 0 Å². The van der Waals surface area contributed by atoms with E-state index in [2.05, 4.69) is 15.5 Å². The van der Waals surface area contributed by atoms with E-state index in [9.17, 15) is 18.0 Å². The molecule has 2 N–H and O–H groups in total. The number of aromatic nitrogens is 2. The Kier molecular flexibility index (Phi) is 5.54. The van der Waals surface area contributed by atoms with Crippen molar-refractivity contribution in [2.24, 2.45) is 12.1 Å². The predicted molar refractivity (Wildman–Crippen MR) is 134 cm³/mol. The maximum atomic E-state index is 13.3. The Morgan fingerprint density at radius 1 is 0.943 bits per heavy atom. The second-order valence-corrected chi connectivity index (χ2v) is 9.82. The molecular weight excluding hydrogens is 464 g/mol. The first kappa shape index (κ1) is 22.3. The van der Waals surface area contributed by atoms with Crippen molar-refractivity contribution in [2.45, 2.75) is 9.92 Å². The highest BCUT2D eigenvalue weighted by Gasteiger charge is 2.24. The number of nitrogens with one attached hydrogen (secondary N) is 2. The van der Waals surface area contributed by atoms with Crippen molar-refractivity contribution in [1.82, 2.24) is 15.0 Å². The van der Waals surface area contributed by atoms with Crippen LogP contribution in [0.25, 0.3) is 21.8 Å². The van der Waals surface area contributed by atoms with E-state index in [0.717, 1.165) is 0 Å². The first-order valence-electron chi connectivity index (χ1n) is 10.7. The summed E-state index contributed by atoms with van der Waals surface area (Å²) < 4.78 is 28.3. The lowest BCUT2D eigenvalue weighted by Crippen LogP contribution is -2.26. The number of carbonyl (C=O) groups is 1. The third-order valence-corrected chi connectivity index (χ3v) is 7.48. The van der Waals surface area contributed by atoms with E-state index >= 15 is 0 Å². The highest BCUT2D eigenvalue weighted by Crippen LogP contribution is 2.28. The van der Waals surface area contributed by atoms with Gasteiger partial charge in [0.1, 0.15) is 10.6 Å². The van der Waals surface area contributed by atoms with Crippen LogP contribution in [0, 0.1) is 0 Å². The zero-order valence-electron chi connectivity index (χ0n) is 18.6. The molecule has 174 valence electrons. The lowest BCUT2D eigenvalue weighted by Gasteiger charge is -2.08. The van der Waals surface area contributed by atoms with E-state index in [1.165, 1.54) is 24.5 Å². The average molecular weight is 485 g/mol. The summed E-state index contributed by atoms with van der Waals surface area (Å²) >= 11 is 0. The van der Waals surface area contributed by atoms with Crippen molar-refractivity contribution < 1.29 is 13.2 Å². The minimum Gasteiger partial charge on any atom is -0.350 e. The topological polar surface area (TPSA) is 113 Å². The van der Waals surface area contributed by atoms with Crippen LogP contribution < -0.4 is 10.9 Å². The highest BCUT2D eigenvalue weighted by molar-refractivity contribution is 7.91. The lowest BCUT2D eigenvalue weighted by atomic mass is 10.1. The van der Waals surface area contributed by atoms with E-state index in [4.69, 9.17) is 0 Å². The number of hydrogen-bond acceptors (Lipinski definition) is 5. The molecule has 0 aliphatic carbocycles. The molecule has 0 aliphatic rings. The molecule has 35 heavy (non-hydrogen) atoms. The zero-order chi connectivity index (χ0) is 24.6. The van der Waals surface area contributed by atoms with Crippen molar-refractivity contribution in [3.8, 4) is 0 Å². The van der Waals surface area contributed by atoms with Crippen LogP contribution >= 0.6 is 0 Å². The largest absolute Gasteiger partial charge is 0.350 e. The summed E-state index contributed by atoms with van der Waals surface area (Å²) in [5.74, 6) is -0.695. The van der Waals surface area contributed by atoms with Crippen LogP contribution in [-0.4, -0.2) is 30.1 Å². The maximum absolute atomic E-state index is 13.3. The monoisotopic (exact) mass is 484 g/mol. The second kappa shape index (κ2) is 8.69. The van der Waals surface area contributed by atoms with Crippen molar-refractivity contribution in [2.75, 3.05) is 0 Å². The molecule has 0 saturated carbocycles. The summed E-state index contributed by atoms with van der Waals surface area (Å²) in [5.41, 5.74) is 3.49. The van der Waals surface area contributed by atoms with Gasteiger partial charge in [-0.05, 0) is 30.3 Å².